The second-order valence-corrected chi connectivity index (χ2v) is 4.92. The van der Waals surface area contributed by atoms with Gasteiger partial charge < -0.3 is 24.8 Å². The molecule has 0 aromatic rings. The van der Waals surface area contributed by atoms with E-state index in [2.05, 4.69) is 10.1 Å². The van der Waals surface area contributed by atoms with Crippen LogP contribution in [0.5, 0.6) is 0 Å². The molecule has 0 fully saturated rings. The Morgan fingerprint density at radius 1 is 1.38 bits per heavy atom. The molecule has 0 radical (unpaired) electrons. The number of amides is 1. The Balaban J connectivity index is 3.65. The molecule has 0 bridgehead atoms. The number of hydrogen-bond donors (Lipinski definition) is 3. The maximum Gasteiger partial charge on any atom is 0.306 e. The average molecular weight is 253 g/mol. The molecule has 1 amide bonds. The van der Waals surface area contributed by atoms with Crippen molar-refractivity contribution in [1.82, 2.24) is 5.32 Å². The molecule has 16 heavy (non-hydrogen) atoms. The number of nitrogens with one attached hydrogen (secondary N) is 1. The van der Waals surface area contributed by atoms with Crippen molar-refractivity contribution in [3.63, 3.8) is 0 Å². The van der Waals surface area contributed by atoms with Gasteiger partial charge in [-0.15, -0.1) is 0 Å². The van der Waals surface area contributed by atoms with Crippen molar-refractivity contribution in [1.29, 1.82) is 0 Å². The topological polar surface area (TPSA) is 113 Å². The molecule has 0 heterocycles. The van der Waals surface area contributed by atoms with Crippen LogP contribution in [0.25, 0.3) is 0 Å². The smallest absolute Gasteiger partial charge is 0.306 e. The van der Waals surface area contributed by atoms with Gasteiger partial charge in [0.25, 0.3) is 0 Å². The van der Waals surface area contributed by atoms with Gasteiger partial charge in [-0.25, -0.2) is 0 Å². The predicted octanol–water partition coefficient (Wildman–Crippen LogP) is -1.12. The Morgan fingerprint density at radius 3 is 2.50 bits per heavy atom. The van der Waals surface area contributed by atoms with E-state index in [1.807, 2.05) is 0 Å². The lowest BCUT2D eigenvalue weighted by Crippen LogP contribution is -2.24. The largest absolute Gasteiger partial charge is 0.469 e. The number of aliphatic hydroxyl groups is 2. The van der Waals surface area contributed by atoms with E-state index >= 15 is 0 Å². The van der Waals surface area contributed by atoms with Gasteiger partial charge in [0, 0.05) is 6.42 Å². The molecule has 0 spiro atoms. The molecule has 0 aliphatic carbocycles. The minimum absolute atomic E-state index is 0.0358. The Labute approximate surface area is 93.6 Å². The highest BCUT2D eigenvalue weighted by Gasteiger charge is 2.09. The second-order valence-electron chi connectivity index (χ2n) is 3.08. The third-order valence-electron chi connectivity index (χ3n) is 1.68. The molecule has 3 N–H and O–H groups in total. The van der Waals surface area contributed by atoms with Crippen LogP contribution in [0.2, 0.25) is 0 Å². The van der Waals surface area contributed by atoms with Crippen LogP contribution < -0.4 is 5.32 Å². The molecule has 0 aliphatic rings. The standard InChI is InChI=1S/C8H16NO6P/c1-15-8(13)3-2-6(10)9-5-16(14)4-7(11)12/h7,11-12,16H,2-5H2,1H3,(H,9,10). The number of hydrogen-bond acceptors (Lipinski definition) is 6. The van der Waals surface area contributed by atoms with Crippen molar-refractivity contribution >= 4 is 19.7 Å². The van der Waals surface area contributed by atoms with Crippen LogP contribution in [-0.2, 0) is 18.9 Å². The first-order valence-electron chi connectivity index (χ1n) is 4.67. The zero-order valence-corrected chi connectivity index (χ0v) is 9.93. The third-order valence-corrected chi connectivity index (χ3v) is 3.07. The molecular weight excluding hydrogens is 237 g/mol. The second kappa shape index (κ2) is 8.27. The number of aliphatic hydroxyl groups excluding tert-OH is 1. The Morgan fingerprint density at radius 2 is 2.00 bits per heavy atom. The molecule has 0 saturated carbocycles. The highest BCUT2D eigenvalue weighted by Crippen LogP contribution is 2.18. The van der Waals surface area contributed by atoms with Crippen LogP contribution >= 0.6 is 7.80 Å². The SMILES string of the molecule is COC(=O)CCC(=O)NC[PH](=O)CC(O)O. The van der Waals surface area contributed by atoms with Gasteiger partial charge in [0.15, 0.2) is 6.29 Å². The third kappa shape index (κ3) is 8.40. The van der Waals surface area contributed by atoms with E-state index in [1.165, 1.54) is 7.11 Å². The van der Waals surface area contributed by atoms with Crippen molar-refractivity contribution in [3.8, 4) is 0 Å². The monoisotopic (exact) mass is 253 g/mol. The van der Waals surface area contributed by atoms with E-state index in [9.17, 15) is 14.2 Å². The first kappa shape index (κ1) is 15.1. The lowest BCUT2D eigenvalue weighted by molar-refractivity contribution is -0.142. The fourth-order valence-corrected chi connectivity index (χ4v) is 1.82. The van der Waals surface area contributed by atoms with Crippen LogP contribution in [-0.4, -0.2) is 47.9 Å². The van der Waals surface area contributed by atoms with Gasteiger partial charge in [0.2, 0.25) is 5.91 Å². The molecule has 0 saturated heterocycles. The zero-order valence-electron chi connectivity index (χ0n) is 8.93. The van der Waals surface area contributed by atoms with E-state index in [0.29, 0.717) is 0 Å². The maximum atomic E-state index is 11.1. The van der Waals surface area contributed by atoms with Gasteiger partial charge in [0.1, 0.15) is 0 Å². The number of methoxy groups -OCH3 is 1. The maximum absolute atomic E-state index is 11.1. The summed E-state index contributed by atoms with van der Waals surface area (Å²) in [6.07, 6.45) is -2.04. The molecular formula is C8H16NO6P. The van der Waals surface area contributed by atoms with Crippen molar-refractivity contribution in [2.75, 3.05) is 19.6 Å². The van der Waals surface area contributed by atoms with Crippen LogP contribution in [0.3, 0.4) is 0 Å². The summed E-state index contributed by atoms with van der Waals surface area (Å²) in [4.78, 5) is 21.8. The minimum Gasteiger partial charge on any atom is -0.469 e. The van der Waals surface area contributed by atoms with Crippen LogP contribution in [0.4, 0.5) is 0 Å². The number of esters is 1. The van der Waals surface area contributed by atoms with Crippen molar-refractivity contribution in [2.45, 2.75) is 19.1 Å². The highest BCUT2D eigenvalue weighted by molar-refractivity contribution is 7.44. The van der Waals surface area contributed by atoms with Crippen LogP contribution in [0.1, 0.15) is 12.8 Å². The summed E-state index contributed by atoms with van der Waals surface area (Å²) in [6, 6.07) is 0. The van der Waals surface area contributed by atoms with Crippen molar-refractivity contribution in [3.05, 3.63) is 0 Å². The van der Waals surface area contributed by atoms with Gasteiger partial charge in [-0.3, -0.25) is 9.59 Å². The number of rotatable bonds is 7. The lowest BCUT2D eigenvalue weighted by Gasteiger charge is -2.06. The van der Waals surface area contributed by atoms with E-state index in [-0.39, 0.29) is 25.3 Å². The summed E-state index contributed by atoms with van der Waals surface area (Å²) in [7, 11) is -1.00. The van der Waals surface area contributed by atoms with E-state index < -0.39 is 26.0 Å². The summed E-state index contributed by atoms with van der Waals surface area (Å²) < 4.78 is 15.4. The summed E-state index contributed by atoms with van der Waals surface area (Å²) in [5, 5.41) is 19.3. The Kier molecular flexibility index (Phi) is 7.80. The quantitative estimate of drug-likeness (QED) is 0.301. The predicted molar refractivity (Wildman–Crippen MR) is 56.4 cm³/mol. The molecule has 1 atom stereocenters. The minimum atomic E-state index is -2.23. The number of carbonyl (C=O) groups is 2. The number of ether oxygens (including phenoxy) is 1. The Bertz CT molecular complexity index is 267. The number of carbonyl (C=O) groups excluding carboxylic acids is 2. The van der Waals surface area contributed by atoms with Gasteiger partial charge in [-0.05, 0) is 0 Å². The Hall–Kier alpha value is -0.910. The molecule has 0 aliphatic heterocycles. The molecule has 0 aromatic carbocycles. The van der Waals surface area contributed by atoms with Gasteiger partial charge in [-0.2, -0.15) is 0 Å². The van der Waals surface area contributed by atoms with E-state index in [0.717, 1.165) is 0 Å². The van der Waals surface area contributed by atoms with E-state index in [4.69, 9.17) is 10.2 Å². The fraction of sp³-hybridized carbons (Fsp3) is 0.750. The van der Waals surface area contributed by atoms with E-state index in [1.54, 1.807) is 0 Å². The molecule has 8 heteroatoms. The molecule has 0 rings (SSSR count). The van der Waals surface area contributed by atoms with Crippen molar-refractivity contribution in [2.24, 2.45) is 0 Å². The normalized spacial score (nSPS) is 12.2. The highest BCUT2D eigenvalue weighted by atomic mass is 31.1. The van der Waals surface area contributed by atoms with Gasteiger partial charge in [-0.1, -0.05) is 0 Å². The molecule has 7 nitrogen and oxygen atoms in total. The first-order valence-corrected chi connectivity index (χ1v) is 6.49. The summed E-state index contributed by atoms with van der Waals surface area (Å²) in [5.74, 6) is -0.912. The zero-order chi connectivity index (χ0) is 12.6. The lowest BCUT2D eigenvalue weighted by atomic mass is 10.3. The summed E-state index contributed by atoms with van der Waals surface area (Å²) in [5.41, 5.74) is 0. The molecule has 0 aromatic heterocycles. The summed E-state index contributed by atoms with van der Waals surface area (Å²) >= 11 is 0. The van der Waals surface area contributed by atoms with Gasteiger partial charge >= 0.3 is 5.97 Å². The molecule has 94 valence electrons. The fourth-order valence-electron chi connectivity index (χ4n) is 0.879. The average Bonchev–Trinajstić information content (AvgIpc) is 2.22. The van der Waals surface area contributed by atoms with Crippen LogP contribution in [0, 0.1) is 0 Å². The van der Waals surface area contributed by atoms with Crippen LogP contribution in [0.15, 0.2) is 0 Å². The molecule has 1 unspecified atom stereocenters. The first-order chi connectivity index (χ1) is 7.45. The van der Waals surface area contributed by atoms with Crippen molar-refractivity contribution < 1.29 is 29.1 Å². The summed E-state index contributed by atoms with van der Waals surface area (Å²) in [6.45, 7) is 0. The van der Waals surface area contributed by atoms with Gasteiger partial charge in [0.05, 0.1) is 33.8 Å².